The molecule has 0 saturated heterocycles. The molecule has 0 atom stereocenters. The van der Waals surface area contributed by atoms with E-state index in [1.807, 2.05) is 70.2 Å². The first kappa shape index (κ1) is 23.5. The standard InChI is InChI=1S/C19H28O2.C2H6/c1-5-7-9-17(8-6-2)10-11-18(12-13-20)15-19(21)14-16(3)4;1-2/h5-12,15-16,20-21H,13-14H2,1-4H3;1-2H3/b7-5-,8-6-,11-10-,17-9+,18-12-,19-15+;. The first-order valence-corrected chi connectivity index (χ1v) is 8.37. The van der Waals surface area contributed by atoms with Gasteiger partial charge < -0.3 is 10.2 Å². The van der Waals surface area contributed by atoms with Gasteiger partial charge in [0.15, 0.2) is 0 Å². The molecular formula is C21H34O2. The molecule has 130 valence electrons. The molecule has 0 bridgehead atoms. The second-order valence-electron chi connectivity index (χ2n) is 5.15. The van der Waals surface area contributed by atoms with Gasteiger partial charge in [-0.3, -0.25) is 0 Å². The van der Waals surface area contributed by atoms with Gasteiger partial charge in [-0.1, -0.05) is 76.3 Å². The van der Waals surface area contributed by atoms with E-state index in [1.54, 1.807) is 12.2 Å². The number of hydrogen-bond donors (Lipinski definition) is 2. The molecule has 0 aliphatic heterocycles. The first-order valence-electron chi connectivity index (χ1n) is 8.37. The largest absolute Gasteiger partial charge is 0.512 e. The number of aliphatic hydroxyl groups is 2. The zero-order valence-electron chi connectivity index (χ0n) is 15.6. The molecule has 0 aromatic carbocycles. The van der Waals surface area contributed by atoms with Crippen molar-refractivity contribution in [2.45, 2.75) is 48.0 Å². The lowest BCUT2D eigenvalue weighted by Gasteiger charge is -2.04. The van der Waals surface area contributed by atoms with Gasteiger partial charge in [-0.25, -0.2) is 0 Å². The predicted octanol–water partition coefficient (Wildman–Crippen LogP) is 6.05. The maximum atomic E-state index is 9.89. The van der Waals surface area contributed by atoms with Crippen molar-refractivity contribution >= 4 is 0 Å². The summed E-state index contributed by atoms with van der Waals surface area (Å²) >= 11 is 0. The van der Waals surface area contributed by atoms with Gasteiger partial charge in [0.1, 0.15) is 0 Å². The Bertz CT molecular complexity index is 458. The minimum absolute atomic E-state index is 0.0529. The second kappa shape index (κ2) is 16.6. The van der Waals surface area contributed by atoms with Crippen molar-refractivity contribution in [3.63, 3.8) is 0 Å². The Morgan fingerprint density at radius 1 is 0.957 bits per heavy atom. The van der Waals surface area contributed by atoms with Crippen molar-refractivity contribution < 1.29 is 10.2 Å². The van der Waals surface area contributed by atoms with E-state index in [-0.39, 0.29) is 6.61 Å². The molecule has 0 rings (SSSR count). The first-order chi connectivity index (χ1) is 11.0. The molecule has 0 radical (unpaired) electrons. The summed E-state index contributed by atoms with van der Waals surface area (Å²) in [7, 11) is 0. The van der Waals surface area contributed by atoms with E-state index < -0.39 is 0 Å². The van der Waals surface area contributed by atoms with E-state index in [0.29, 0.717) is 18.1 Å². The molecule has 0 fully saturated rings. The van der Waals surface area contributed by atoms with E-state index in [4.69, 9.17) is 5.11 Å². The third-order valence-electron chi connectivity index (χ3n) is 2.59. The molecule has 0 aromatic heterocycles. The summed E-state index contributed by atoms with van der Waals surface area (Å²) in [6.07, 6.45) is 17.8. The average molecular weight is 319 g/mol. The van der Waals surface area contributed by atoms with Crippen LogP contribution in [0, 0.1) is 5.92 Å². The van der Waals surface area contributed by atoms with Crippen LogP contribution in [0.2, 0.25) is 0 Å². The smallest absolute Gasteiger partial charge is 0.0931 e. The SMILES string of the molecule is CC.C\C=C/C=C(\C=C/C)/C=C\C(=C\CO)\C=C(\O)CC(C)C. The molecule has 0 aromatic rings. The number of aliphatic hydroxyl groups excluding tert-OH is 2. The van der Waals surface area contributed by atoms with Crippen LogP contribution in [0.5, 0.6) is 0 Å². The van der Waals surface area contributed by atoms with Crippen LogP contribution >= 0.6 is 0 Å². The fourth-order valence-corrected chi connectivity index (χ4v) is 1.71. The summed E-state index contributed by atoms with van der Waals surface area (Å²) in [5, 5.41) is 19.0. The van der Waals surface area contributed by atoms with Crippen LogP contribution in [0.4, 0.5) is 0 Å². The van der Waals surface area contributed by atoms with Gasteiger partial charge in [0, 0.05) is 6.42 Å². The van der Waals surface area contributed by atoms with Crippen molar-refractivity contribution in [3.8, 4) is 0 Å². The third kappa shape index (κ3) is 14.9. The highest BCUT2D eigenvalue weighted by Crippen LogP contribution is 2.12. The Morgan fingerprint density at radius 3 is 2.04 bits per heavy atom. The minimum Gasteiger partial charge on any atom is -0.512 e. The zero-order chi connectivity index (χ0) is 18.1. The van der Waals surface area contributed by atoms with E-state index in [9.17, 15) is 5.11 Å². The highest BCUT2D eigenvalue weighted by molar-refractivity contribution is 5.40. The summed E-state index contributed by atoms with van der Waals surface area (Å²) in [6.45, 7) is 12.0. The number of allylic oxidation sites excluding steroid dienone is 11. The maximum Gasteiger partial charge on any atom is 0.0931 e. The average Bonchev–Trinajstić information content (AvgIpc) is 2.51. The molecule has 0 unspecified atom stereocenters. The fraction of sp³-hybridized carbons (Fsp3) is 0.429. The van der Waals surface area contributed by atoms with Gasteiger partial charge in [0.2, 0.25) is 0 Å². The Morgan fingerprint density at radius 2 is 1.57 bits per heavy atom. The molecule has 0 heterocycles. The number of rotatable bonds is 8. The van der Waals surface area contributed by atoms with Gasteiger partial charge in [0.05, 0.1) is 12.4 Å². The lowest BCUT2D eigenvalue weighted by Crippen LogP contribution is -1.91. The van der Waals surface area contributed by atoms with Gasteiger partial charge in [0.25, 0.3) is 0 Å². The predicted molar refractivity (Wildman–Crippen MR) is 104 cm³/mol. The van der Waals surface area contributed by atoms with Gasteiger partial charge in [-0.2, -0.15) is 0 Å². The van der Waals surface area contributed by atoms with Gasteiger partial charge in [-0.05, 0) is 37.0 Å². The third-order valence-corrected chi connectivity index (χ3v) is 2.59. The van der Waals surface area contributed by atoms with Crippen LogP contribution < -0.4 is 0 Å². The zero-order valence-corrected chi connectivity index (χ0v) is 15.6. The lowest BCUT2D eigenvalue weighted by atomic mass is 10.1. The Hall–Kier alpha value is -1.80. The molecule has 0 amide bonds. The summed E-state index contributed by atoms with van der Waals surface area (Å²) in [5.74, 6) is 0.730. The molecule has 0 aliphatic rings. The molecule has 2 heteroatoms. The van der Waals surface area contributed by atoms with Crippen molar-refractivity contribution in [3.05, 3.63) is 71.6 Å². The van der Waals surface area contributed by atoms with E-state index in [0.717, 1.165) is 11.1 Å². The second-order valence-corrected chi connectivity index (χ2v) is 5.15. The van der Waals surface area contributed by atoms with Crippen LogP contribution in [-0.2, 0) is 0 Å². The van der Waals surface area contributed by atoms with Crippen LogP contribution in [-0.4, -0.2) is 16.8 Å². The Labute approximate surface area is 142 Å². The summed E-state index contributed by atoms with van der Waals surface area (Å²) < 4.78 is 0. The van der Waals surface area contributed by atoms with Gasteiger partial charge in [-0.15, -0.1) is 0 Å². The highest BCUT2D eigenvalue weighted by atomic mass is 16.3. The van der Waals surface area contributed by atoms with Gasteiger partial charge >= 0.3 is 0 Å². The van der Waals surface area contributed by atoms with Crippen molar-refractivity contribution in [2.75, 3.05) is 6.61 Å². The molecule has 0 aliphatic carbocycles. The fourth-order valence-electron chi connectivity index (χ4n) is 1.71. The molecule has 0 saturated carbocycles. The van der Waals surface area contributed by atoms with E-state index in [2.05, 4.69) is 13.8 Å². The lowest BCUT2D eigenvalue weighted by molar-refractivity contribution is 0.342. The molecule has 2 N–H and O–H groups in total. The van der Waals surface area contributed by atoms with Crippen molar-refractivity contribution in [2.24, 2.45) is 5.92 Å². The normalized spacial score (nSPS) is 14.2. The monoisotopic (exact) mass is 318 g/mol. The maximum absolute atomic E-state index is 9.89. The molecule has 2 nitrogen and oxygen atoms in total. The van der Waals surface area contributed by atoms with Crippen LogP contribution in [0.1, 0.15) is 48.0 Å². The van der Waals surface area contributed by atoms with Crippen molar-refractivity contribution in [1.29, 1.82) is 0 Å². The van der Waals surface area contributed by atoms with Crippen LogP contribution in [0.25, 0.3) is 0 Å². The Balaban J connectivity index is 0. The van der Waals surface area contributed by atoms with E-state index in [1.165, 1.54) is 0 Å². The van der Waals surface area contributed by atoms with Crippen LogP contribution in [0.15, 0.2) is 71.6 Å². The quantitative estimate of drug-likeness (QED) is 0.422. The molecular weight excluding hydrogens is 284 g/mol. The summed E-state index contributed by atoms with van der Waals surface area (Å²) in [4.78, 5) is 0. The summed E-state index contributed by atoms with van der Waals surface area (Å²) in [5.41, 5.74) is 1.85. The van der Waals surface area contributed by atoms with Crippen molar-refractivity contribution in [1.82, 2.24) is 0 Å². The topological polar surface area (TPSA) is 40.5 Å². The Kier molecular flexibility index (Phi) is 16.9. The highest BCUT2D eigenvalue weighted by Gasteiger charge is 1.99. The van der Waals surface area contributed by atoms with E-state index >= 15 is 0 Å². The minimum atomic E-state index is -0.0529. The van der Waals surface area contributed by atoms with Crippen LogP contribution in [0.3, 0.4) is 0 Å². The molecule has 23 heavy (non-hydrogen) atoms. The molecule has 0 spiro atoms. The summed E-state index contributed by atoms with van der Waals surface area (Å²) in [6, 6.07) is 0. The number of hydrogen-bond acceptors (Lipinski definition) is 2.